The van der Waals surface area contributed by atoms with Crippen molar-refractivity contribution in [2.24, 2.45) is 0 Å². The van der Waals surface area contributed by atoms with Crippen LogP contribution in [0.15, 0.2) is 35.4 Å². The number of hydrogen-bond donors (Lipinski definition) is 0. The van der Waals surface area contributed by atoms with Gasteiger partial charge >= 0.3 is 0 Å². The highest BCUT2D eigenvalue weighted by Crippen LogP contribution is 2.41. The molecule has 0 bridgehead atoms. The Morgan fingerprint density at radius 1 is 1.03 bits per heavy atom. The van der Waals surface area contributed by atoms with E-state index in [4.69, 9.17) is 9.97 Å². The van der Waals surface area contributed by atoms with Gasteiger partial charge in [-0.15, -0.1) is 11.3 Å². The second kappa shape index (κ2) is 7.72. The predicted molar refractivity (Wildman–Crippen MR) is 132 cm³/mol. The van der Waals surface area contributed by atoms with Gasteiger partial charge in [0.25, 0.3) is 0 Å². The summed E-state index contributed by atoms with van der Waals surface area (Å²) in [4.78, 5) is 19.0. The van der Waals surface area contributed by atoms with Crippen molar-refractivity contribution in [3.8, 4) is 0 Å². The van der Waals surface area contributed by atoms with Crippen LogP contribution in [0.25, 0.3) is 21.1 Å². The lowest BCUT2D eigenvalue weighted by atomic mass is 10.1. The van der Waals surface area contributed by atoms with Gasteiger partial charge in [-0.1, -0.05) is 12.1 Å². The van der Waals surface area contributed by atoms with Crippen molar-refractivity contribution in [1.82, 2.24) is 19.3 Å². The van der Waals surface area contributed by atoms with Gasteiger partial charge in [0, 0.05) is 42.6 Å². The molecule has 0 unspecified atom stereocenters. The fourth-order valence-corrected chi connectivity index (χ4v) is 7.93. The van der Waals surface area contributed by atoms with Gasteiger partial charge in [0.05, 0.1) is 10.9 Å². The normalized spacial score (nSPS) is 17.2. The number of para-hydroxylation sites is 1. The van der Waals surface area contributed by atoms with Crippen LogP contribution in [-0.4, -0.2) is 53.9 Å². The van der Waals surface area contributed by atoms with Crippen molar-refractivity contribution in [3.05, 3.63) is 52.3 Å². The second-order valence-corrected chi connectivity index (χ2v) is 11.9. The highest BCUT2D eigenvalue weighted by molar-refractivity contribution is 7.89. The van der Waals surface area contributed by atoms with Crippen LogP contribution in [0, 0.1) is 13.8 Å². The third-order valence-electron chi connectivity index (χ3n) is 6.62. The van der Waals surface area contributed by atoms with E-state index in [-0.39, 0.29) is 4.90 Å². The van der Waals surface area contributed by atoms with Crippen LogP contribution in [-0.2, 0) is 22.9 Å². The van der Waals surface area contributed by atoms with E-state index < -0.39 is 10.0 Å². The minimum Gasteiger partial charge on any atom is -0.353 e. The molecule has 2 aliphatic rings. The van der Waals surface area contributed by atoms with Crippen molar-refractivity contribution < 1.29 is 8.42 Å². The Balaban J connectivity index is 1.31. The van der Waals surface area contributed by atoms with E-state index in [1.54, 1.807) is 34.0 Å². The maximum Gasteiger partial charge on any atom is 0.245 e. The summed E-state index contributed by atoms with van der Waals surface area (Å²) in [7, 11) is -3.64. The fourth-order valence-electron chi connectivity index (χ4n) is 5.04. The number of benzene rings is 1. The highest BCUT2D eigenvalue weighted by Gasteiger charge is 2.32. The van der Waals surface area contributed by atoms with Crippen molar-refractivity contribution >= 4 is 48.3 Å². The summed E-state index contributed by atoms with van der Waals surface area (Å²) < 4.78 is 28.7. The number of thiophene rings is 1. The number of rotatable bonds is 3. The zero-order valence-electron chi connectivity index (χ0n) is 18.7. The van der Waals surface area contributed by atoms with Crippen LogP contribution >= 0.6 is 11.3 Å². The number of anilines is 1. The number of pyridine rings is 1. The lowest BCUT2D eigenvalue weighted by molar-refractivity contribution is 0.384. The first-order valence-corrected chi connectivity index (χ1v) is 13.6. The minimum absolute atomic E-state index is 0.282. The fraction of sp³-hybridized carbons (Fsp3) is 0.375. The van der Waals surface area contributed by atoms with E-state index in [1.807, 2.05) is 26.0 Å². The molecule has 4 heterocycles. The molecule has 1 aliphatic carbocycles. The summed E-state index contributed by atoms with van der Waals surface area (Å²) in [6.45, 7) is 5.94. The van der Waals surface area contributed by atoms with E-state index in [0.29, 0.717) is 31.7 Å². The van der Waals surface area contributed by atoms with Crippen molar-refractivity contribution in [2.75, 3.05) is 31.1 Å². The van der Waals surface area contributed by atoms with Crippen molar-refractivity contribution in [2.45, 2.75) is 38.0 Å². The van der Waals surface area contributed by atoms with Crippen LogP contribution in [0.1, 0.15) is 28.2 Å². The molecule has 0 amide bonds. The summed E-state index contributed by atoms with van der Waals surface area (Å²) in [6, 6.07) is 7.35. The van der Waals surface area contributed by atoms with Gasteiger partial charge < -0.3 is 4.90 Å². The number of hydrogen-bond acceptors (Lipinski definition) is 7. The van der Waals surface area contributed by atoms with Crippen molar-refractivity contribution in [3.63, 3.8) is 0 Å². The van der Waals surface area contributed by atoms with Gasteiger partial charge in [0.2, 0.25) is 10.0 Å². The Labute approximate surface area is 197 Å². The van der Waals surface area contributed by atoms with E-state index in [1.165, 1.54) is 22.2 Å². The minimum atomic E-state index is -3.64. The van der Waals surface area contributed by atoms with Gasteiger partial charge in [-0.3, -0.25) is 4.98 Å². The monoisotopic (exact) mass is 479 g/mol. The van der Waals surface area contributed by atoms with Crippen molar-refractivity contribution in [1.29, 1.82) is 0 Å². The molecule has 1 aromatic carbocycles. The molecule has 9 heteroatoms. The first kappa shape index (κ1) is 20.9. The SMILES string of the molecule is Cc1cnc2c(S(=O)(=O)N3CCN(c4nc(C)nc5sc6c(c45)CCC6)CC3)cccc2c1. The molecule has 1 fully saturated rings. The third kappa shape index (κ3) is 3.41. The summed E-state index contributed by atoms with van der Waals surface area (Å²) in [5.74, 6) is 1.74. The van der Waals surface area contributed by atoms with E-state index in [0.717, 1.165) is 40.3 Å². The standard InChI is InChI=1S/C24H25N5O2S2/c1-15-13-17-5-3-8-20(22(17)25-14-15)33(30,31)29-11-9-28(10-12-29)23-21-18-6-4-7-19(18)32-24(21)27-16(2)26-23/h3,5,8,13-14H,4,6-7,9-12H2,1-2H3. The average Bonchev–Trinajstić information content (AvgIpc) is 3.39. The molecule has 0 radical (unpaired) electrons. The molecule has 170 valence electrons. The molecule has 0 N–H and O–H groups in total. The van der Waals surface area contributed by atoms with Crippen LogP contribution in [0.3, 0.4) is 0 Å². The van der Waals surface area contributed by atoms with Crippen LogP contribution in [0.5, 0.6) is 0 Å². The number of fused-ring (bicyclic) bond motifs is 4. The first-order valence-electron chi connectivity index (χ1n) is 11.3. The zero-order chi connectivity index (χ0) is 22.7. The topological polar surface area (TPSA) is 79.3 Å². The number of aryl methyl sites for hydroxylation is 4. The Hall–Kier alpha value is -2.62. The molecule has 7 nitrogen and oxygen atoms in total. The van der Waals surface area contributed by atoms with Crippen LogP contribution in [0.4, 0.5) is 5.82 Å². The molecule has 0 spiro atoms. The number of aromatic nitrogens is 3. The van der Waals surface area contributed by atoms with E-state index in [9.17, 15) is 8.42 Å². The maximum absolute atomic E-state index is 13.6. The van der Waals surface area contributed by atoms with Gasteiger partial charge in [0.15, 0.2) is 0 Å². The summed E-state index contributed by atoms with van der Waals surface area (Å²) in [6.07, 6.45) is 5.12. The molecule has 1 aliphatic heterocycles. The quantitative estimate of drug-likeness (QED) is 0.444. The Kier molecular flexibility index (Phi) is 4.90. The first-order chi connectivity index (χ1) is 15.9. The lowest BCUT2D eigenvalue weighted by Gasteiger charge is -2.35. The molecule has 3 aromatic heterocycles. The molecule has 0 saturated carbocycles. The summed E-state index contributed by atoms with van der Waals surface area (Å²) in [5, 5.41) is 2.03. The van der Waals surface area contributed by atoms with Gasteiger partial charge in [-0.05, 0) is 56.4 Å². The van der Waals surface area contributed by atoms with E-state index >= 15 is 0 Å². The third-order valence-corrected chi connectivity index (χ3v) is 9.74. The molecular formula is C24H25N5O2S2. The van der Waals surface area contributed by atoms with Crippen LogP contribution in [0.2, 0.25) is 0 Å². The summed E-state index contributed by atoms with van der Waals surface area (Å²) in [5.41, 5.74) is 2.95. The van der Waals surface area contributed by atoms with Crippen LogP contribution < -0.4 is 4.90 Å². The number of piperazine rings is 1. The summed E-state index contributed by atoms with van der Waals surface area (Å²) >= 11 is 1.79. The zero-order valence-corrected chi connectivity index (χ0v) is 20.3. The molecule has 4 aromatic rings. The molecule has 0 atom stereocenters. The number of nitrogens with zero attached hydrogens (tertiary/aromatic N) is 5. The van der Waals surface area contributed by atoms with Gasteiger partial charge in [-0.25, -0.2) is 18.4 Å². The molecule has 33 heavy (non-hydrogen) atoms. The number of sulfonamides is 1. The van der Waals surface area contributed by atoms with Gasteiger partial charge in [-0.2, -0.15) is 4.31 Å². The Bertz CT molecular complexity index is 1500. The smallest absolute Gasteiger partial charge is 0.245 e. The highest BCUT2D eigenvalue weighted by atomic mass is 32.2. The van der Waals surface area contributed by atoms with Gasteiger partial charge in [0.1, 0.15) is 21.4 Å². The van der Waals surface area contributed by atoms with E-state index in [2.05, 4.69) is 9.88 Å². The maximum atomic E-state index is 13.6. The predicted octanol–water partition coefficient (Wildman–Crippen LogP) is 3.86. The Morgan fingerprint density at radius 2 is 1.85 bits per heavy atom. The second-order valence-electron chi connectivity index (χ2n) is 8.86. The largest absolute Gasteiger partial charge is 0.353 e. The molecule has 1 saturated heterocycles. The molecule has 6 rings (SSSR count). The lowest BCUT2D eigenvalue weighted by Crippen LogP contribution is -2.49. The molecular weight excluding hydrogens is 454 g/mol. The average molecular weight is 480 g/mol. The Morgan fingerprint density at radius 3 is 2.67 bits per heavy atom.